The summed E-state index contributed by atoms with van der Waals surface area (Å²) in [5.74, 6) is 0. The number of aliphatic hydroxyl groups excluding tert-OH is 1. The third-order valence-electron chi connectivity index (χ3n) is 0.771. The molecule has 6 heteroatoms. The fourth-order valence-electron chi connectivity index (χ4n) is 0.300. The molecule has 11 heavy (non-hydrogen) atoms. The predicted molar refractivity (Wildman–Crippen MR) is 52.0 cm³/mol. The van der Waals surface area contributed by atoms with E-state index in [0.717, 1.165) is 11.0 Å². The van der Waals surface area contributed by atoms with Crippen LogP contribution in [0.3, 0.4) is 0 Å². The summed E-state index contributed by atoms with van der Waals surface area (Å²) in [5, 5.41) is 8.39. The summed E-state index contributed by atoms with van der Waals surface area (Å²) in [6.07, 6.45) is 0. The van der Waals surface area contributed by atoms with Crippen molar-refractivity contribution in [2.45, 2.75) is 0 Å². The van der Waals surface area contributed by atoms with E-state index in [1.54, 1.807) is 0 Å². The second-order valence-corrected chi connectivity index (χ2v) is 3.36. The quantitative estimate of drug-likeness (QED) is 0.417. The molecule has 0 aromatic rings. The maximum atomic E-state index is 8.67. The normalized spacial score (nSPS) is 9.55. The van der Waals surface area contributed by atoms with E-state index in [9.17, 15) is 0 Å². The van der Waals surface area contributed by atoms with Crippen LogP contribution in [0.15, 0.2) is 0 Å². The predicted octanol–water partition coefficient (Wildman–Crippen LogP) is 0.201. The van der Waals surface area contributed by atoms with E-state index >= 15 is 0 Å². The Kier molecular flexibility index (Phi) is 19.3. The van der Waals surface area contributed by atoms with Crippen molar-refractivity contribution in [1.82, 2.24) is 0 Å². The van der Waals surface area contributed by atoms with Crippen LogP contribution in [0.25, 0.3) is 0 Å². The molecule has 66 valence electrons. The summed E-state index contributed by atoms with van der Waals surface area (Å²) in [5.41, 5.74) is 0. The second-order valence-electron chi connectivity index (χ2n) is 2.81. The molecule has 1 N–H and O–H groups in total. The molecule has 0 fully saturated rings. The second kappa shape index (κ2) is 11.6. The van der Waals surface area contributed by atoms with E-state index in [0.29, 0.717) is 0 Å². The minimum absolute atomic E-state index is 0. The van der Waals surface area contributed by atoms with Gasteiger partial charge in [-0.3, -0.25) is 4.57 Å². The fourth-order valence-corrected chi connectivity index (χ4v) is 0.300. The standard InChI is InChI=1S/C5H14NO.Ca.ClOP.2H/c1-6(2,3)4-5-7;;1-3-2;;/h7H,4-5H2,1-3H3;;;;/q+1;;;;. The van der Waals surface area contributed by atoms with Gasteiger partial charge in [0.05, 0.1) is 27.7 Å². The zero-order chi connectivity index (χ0) is 8.62. The van der Waals surface area contributed by atoms with E-state index in [2.05, 4.69) is 32.4 Å². The van der Waals surface area contributed by atoms with Crippen molar-refractivity contribution >= 4 is 56.8 Å². The van der Waals surface area contributed by atoms with Crippen molar-refractivity contribution < 1.29 is 14.2 Å². The molecule has 0 amide bonds. The molecule has 0 aliphatic rings. The summed E-state index contributed by atoms with van der Waals surface area (Å²) in [6, 6.07) is 0. The average Bonchev–Trinajstić information content (AvgIpc) is 1.63. The Hall–Kier alpha value is 1.57. The molecule has 0 unspecified atom stereocenters. The molecule has 0 radical (unpaired) electrons. The molecule has 0 heterocycles. The molecule has 0 bridgehead atoms. The number of aliphatic hydroxyl groups is 1. The van der Waals surface area contributed by atoms with Crippen molar-refractivity contribution in [3.63, 3.8) is 0 Å². The van der Waals surface area contributed by atoms with Crippen LogP contribution in [-0.2, 0) is 4.57 Å². The van der Waals surface area contributed by atoms with Gasteiger partial charge in [-0.25, -0.2) is 0 Å². The van der Waals surface area contributed by atoms with Gasteiger partial charge in [0.1, 0.15) is 6.54 Å². The zero-order valence-electron chi connectivity index (χ0n) is 6.54. The number of hydrogen-bond donors (Lipinski definition) is 1. The summed E-state index contributed by atoms with van der Waals surface area (Å²) >= 11 is 4.42. The number of rotatable bonds is 2. The molecular weight excluding hydrogens is 213 g/mol. The van der Waals surface area contributed by atoms with Gasteiger partial charge in [0.2, 0.25) is 0 Å². The summed E-state index contributed by atoms with van der Waals surface area (Å²) in [7, 11) is 5.79. The number of nitrogens with zero attached hydrogens (tertiary/aromatic N) is 1. The Labute approximate surface area is 104 Å². The van der Waals surface area contributed by atoms with E-state index in [1.807, 2.05) is 0 Å². The Morgan fingerprint density at radius 1 is 1.45 bits per heavy atom. The molecule has 0 aliphatic carbocycles. The summed E-state index contributed by atoms with van der Waals surface area (Å²) in [4.78, 5) is 0. The van der Waals surface area contributed by atoms with Gasteiger partial charge in [0, 0.05) is 0 Å². The van der Waals surface area contributed by atoms with E-state index in [-0.39, 0.29) is 52.2 Å². The van der Waals surface area contributed by atoms with Crippen molar-refractivity contribution in [3.05, 3.63) is 0 Å². The van der Waals surface area contributed by atoms with Crippen LogP contribution in [0.2, 0.25) is 0 Å². The Balaban J connectivity index is -0.000000140. The van der Waals surface area contributed by atoms with Crippen LogP contribution in [0.4, 0.5) is 0 Å². The van der Waals surface area contributed by atoms with E-state index in [1.165, 1.54) is 0 Å². The average molecular weight is 229 g/mol. The Bertz CT molecular complexity index is 89.0. The molecular formula is C5H16CaClNO2P+. The molecule has 0 spiro atoms. The van der Waals surface area contributed by atoms with Crippen LogP contribution in [0.5, 0.6) is 0 Å². The van der Waals surface area contributed by atoms with Gasteiger partial charge in [0.15, 0.2) is 0 Å². The molecule has 0 saturated carbocycles. The van der Waals surface area contributed by atoms with Crippen LogP contribution in [0.1, 0.15) is 0 Å². The zero-order valence-corrected chi connectivity index (χ0v) is 8.19. The van der Waals surface area contributed by atoms with Gasteiger partial charge in [0.25, 0.3) is 7.81 Å². The number of halogens is 1. The van der Waals surface area contributed by atoms with Crippen LogP contribution in [-0.4, -0.2) is 81.6 Å². The Morgan fingerprint density at radius 2 is 1.73 bits per heavy atom. The number of hydrogen-bond acceptors (Lipinski definition) is 2. The molecule has 0 saturated heterocycles. The van der Waals surface area contributed by atoms with Gasteiger partial charge in [-0.05, 0) is 11.2 Å². The van der Waals surface area contributed by atoms with Gasteiger partial charge in [-0.2, -0.15) is 0 Å². The van der Waals surface area contributed by atoms with Crippen molar-refractivity contribution in [2.75, 3.05) is 34.3 Å². The van der Waals surface area contributed by atoms with Crippen molar-refractivity contribution in [1.29, 1.82) is 0 Å². The van der Waals surface area contributed by atoms with Gasteiger partial charge in [-0.1, -0.05) is 0 Å². The Morgan fingerprint density at radius 3 is 1.73 bits per heavy atom. The molecule has 0 rings (SSSR count). The topological polar surface area (TPSA) is 37.3 Å². The molecule has 0 atom stereocenters. The van der Waals surface area contributed by atoms with Gasteiger partial charge < -0.3 is 9.59 Å². The molecule has 3 nitrogen and oxygen atoms in total. The first-order valence-electron chi connectivity index (χ1n) is 2.83. The first-order valence-corrected chi connectivity index (χ1v) is 4.54. The first kappa shape index (κ1) is 18.4. The van der Waals surface area contributed by atoms with Crippen LogP contribution < -0.4 is 0 Å². The monoisotopic (exact) mass is 228 g/mol. The molecule has 0 aromatic carbocycles. The SMILES string of the molecule is C[N+](C)(C)CCO.O=PCl.[CaH2]. The van der Waals surface area contributed by atoms with Crippen molar-refractivity contribution in [2.24, 2.45) is 0 Å². The third-order valence-corrected chi connectivity index (χ3v) is 0.771. The van der Waals surface area contributed by atoms with Crippen molar-refractivity contribution in [3.8, 4) is 0 Å². The fraction of sp³-hybridized carbons (Fsp3) is 1.00. The molecule has 0 aromatic heterocycles. The minimum atomic E-state index is -0.361. The molecule has 0 aliphatic heterocycles. The van der Waals surface area contributed by atoms with Crippen LogP contribution >= 0.6 is 19.1 Å². The van der Waals surface area contributed by atoms with Crippen LogP contribution in [0, 0.1) is 0 Å². The van der Waals surface area contributed by atoms with Gasteiger partial charge >= 0.3 is 37.7 Å². The summed E-state index contributed by atoms with van der Waals surface area (Å²) in [6.45, 7) is 1.11. The van der Waals surface area contributed by atoms with E-state index < -0.39 is 0 Å². The number of quaternary nitrogens is 1. The summed E-state index contributed by atoms with van der Waals surface area (Å²) < 4.78 is 9.51. The first-order chi connectivity index (χ1) is 4.47. The van der Waals surface area contributed by atoms with Gasteiger partial charge in [-0.15, -0.1) is 0 Å². The third kappa shape index (κ3) is 34.2. The van der Waals surface area contributed by atoms with E-state index in [4.69, 9.17) is 9.67 Å². The number of likely N-dealkylation sites (N-methyl/N-ethyl adjacent to an activating group) is 1. The maximum absolute atomic E-state index is 8.67.